The Labute approximate surface area is 127 Å². The zero-order chi connectivity index (χ0) is 14.4. The zero-order valence-corrected chi connectivity index (χ0v) is 13.8. The second-order valence-electron chi connectivity index (χ2n) is 3.74. The summed E-state index contributed by atoms with van der Waals surface area (Å²) in [6, 6.07) is 1.67. The molecule has 5 nitrogen and oxygen atoms in total. The van der Waals surface area contributed by atoms with Gasteiger partial charge in [-0.05, 0) is 28.1 Å². The molecule has 0 fully saturated rings. The highest BCUT2D eigenvalue weighted by atomic mass is 79.9. The van der Waals surface area contributed by atoms with Gasteiger partial charge in [-0.2, -0.15) is 8.42 Å². The number of nitrogens with zero attached hydrogens (tertiary/aromatic N) is 2. The van der Waals surface area contributed by atoms with E-state index in [-0.39, 0.29) is 17.2 Å². The molecule has 0 bridgehead atoms. The van der Waals surface area contributed by atoms with Gasteiger partial charge in [0.25, 0.3) is 0 Å². The van der Waals surface area contributed by atoms with Crippen molar-refractivity contribution >= 4 is 60.6 Å². The monoisotopic (exact) mass is 382 g/mol. The van der Waals surface area contributed by atoms with Gasteiger partial charge < -0.3 is 0 Å². The standard InChI is InChI=1S/C10H8BrClN2O3S2/c1-5(15)8-4-7(13-19(16,17)14(8)2)9-3-6(11)10(12)18-9/h3-4H,1-2H3. The van der Waals surface area contributed by atoms with E-state index >= 15 is 0 Å². The lowest BCUT2D eigenvalue weighted by Gasteiger charge is -2.21. The van der Waals surface area contributed by atoms with Crippen LogP contribution in [0.1, 0.15) is 11.8 Å². The second kappa shape index (κ2) is 5.01. The van der Waals surface area contributed by atoms with Crippen LogP contribution in [0.2, 0.25) is 4.34 Å². The van der Waals surface area contributed by atoms with Crippen LogP contribution in [0.5, 0.6) is 0 Å². The third-order valence-corrected chi connectivity index (χ3v) is 6.24. The van der Waals surface area contributed by atoms with Crippen molar-refractivity contribution in [2.24, 2.45) is 4.40 Å². The van der Waals surface area contributed by atoms with Crippen LogP contribution in [0, 0.1) is 0 Å². The molecule has 1 aliphatic heterocycles. The first kappa shape index (κ1) is 14.7. The molecule has 0 atom stereocenters. The maximum absolute atomic E-state index is 11.9. The van der Waals surface area contributed by atoms with Crippen molar-refractivity contribution in [3.63, 3.8) is 0 Å². The fourth-order valence-electron chi connectivity index (χ4n) is 1.47. The van der Waals surface area contributed by atoms with Crippen molar-refractivity contribution in [2.45, 2.75) is 6.92 Å². The molecule has 0 unspecified atom stereocenters. The topological polar surface area (TPSA) is 66.8 Å². The second-order valence-corrected chi connectivity index (χ2v) is 7.87. The molecule has 0 aliphatic carbocycles. The Balaban J connectivity index is 2.60. The van der Waals surface area contributed by atoms with E-state index in [1.807, 2.05) is 0 Å². The van der Waals surface area contributed by atoms with Crippen LogP contribution in [0.3, 0.4) is 0 Å². The summed E-state index contributed by atoms with van der Waals surface area (Å²) >= 11 is 10.3. The van der Waals surface area contributed by atoms with Gasteiger partial charge in [-0.15, -0.1) is 15.7 Å². The van der Waals surface area contributed by atoms with Gasteiger partial charge in [-0.25, -0.2) is 0 Å². The molecule has 0 aromatic carbocycles. The first-order valence-corrected chi connectivity index (χ1v) is 8.37. The van der Waals surface area contributed by atoms with E-state index in [0.717, 1.165) is 4.31 Å². The molecule has 1 aromatic heterocycles. The van der Waals surface area contributed by atoms with E-state index in [1.165, 1.54) is 31.4 Å². The zero-order valence-electron chi connectivity index (χ0n) is 9.85. The van der Waals surface area contributed by atoms with Gasteiger partial charge in [0, 0.05) is 18.4 Å². The van der Waals surface area contributed by atoms with E-state index in [2.05, 4.69) is 20.3 Å². The number of hydrogen-bond donors (Lipinski definition) is 0. The minimum atomic E-state index is -3.88. The average molecular weight is 384 g/mol. The number of allylic oxidation sites excluding steroid dienone is 2. The Morgan fingerprint density at radius 1 is 1.53 bits per heavy atom. The van der Waals surface area contributed by atoms with Crippen LogP contribution in [-0.2, 0) is 15.0 Å². The molecule has 19 heavy (non-hydrogen) atoms. The molecule has 0 spiro atoms. The summed E-state index contributed by atoms with van der Waals surface area (Å²) in [5, 5.41) is 0. The maximum atomic E-state index is 11.9. The number of ketones is 1. The van der Waals surface area contributed by atoms with Crippen molar-refractivity contribution in [2.75, 3.05) is 7.05 Å². The molecular formula is C10H8BrClN2O3S2. The van der Waals surface area contributed by atoms with Crippen molar-refractivity contribution in [1.29, 1.82) is 0 Å². The van der Waals surface area contributed by atoms with E-state index in [9.17, 15) is 13.2 Å². The van der Waals surface area contributed by atoms with E-state index in [0.29, 0.717) is 13.7 Å². The molecular weight excluding hydrogens is 376 g/mol. The van der Waals surface area contributed by atoms with Gasteiger partial charge in [-0.3, -0.25) is 9.10 Å². The largest absolute Gasteiger partial charge is 0.345 e. The lowest BCUT2D eigenvalue weighted by molar-refractivity contribution is -0.114. The summed E-state index contributed by atoms with van der Waals surface area (Å²) < 4.78 is 29.4. The van der Waals surface area contributed by atoms with Crippen molar-refractivity contribution in [3.05, 3.63) is 31.5 Å². The summed E-state index contributed by atoms with van der Waals surface area (Å²) in [5.41, 5.74) is 0.284. The number of carbonyl (C=O) groups excluding carboxylic acids is 1. The quantitative estimate of drug-likeness (QED) is 0.788. The number of halogens is 2. The number of likely N-dealkylation sites (N-methyl/N-ethyl adjacent to an activating group) is 1. The summed E-state index contributed by atoms with van der Waals surface area (Å²) in [5.74, 6) is -0.347. The van der Waals surface area contributed by atoms with E-state index in [4.69, 9.17) is 11.6 Å². The van der Waals surface area contributed by atoms with Crippen LogP contribution in [-0.4, -0.2) is 31.3 Å². The van der Waals surface area contributed by atoms with Gasteiger partial charge in [0.2, 0.25) is 0 Å². The van der Waals surface area contributed by atoms with Crippen molar-refractivity contribution in [3.8, 4) is 0 Å². The summed E-state index contributed by atoms with van der Waals surface area (Å²) in [7, 11) is -2.58. The highest BCUT2D eigenvalue weighted by molar-refractivity contribution is 9.10. The summed E-state index contributed by atoms with van der Waals surface area (Å²) in [6.45, 7) is 1.30. The number of rotatable bonds is 2. The Morgan fingerprint density at radius 2 is 2.16 bits per heavy atom. The molecule has 0 N–H and O–H groups in total. The molecule has 2 rings (SSSR count). The molecule has 0 saturated carbocycles. The van der Waals surface area contributed by atoms with Gasteiger partial charge >= 0.3 is 10.2 Å². The highest BCUT2D eigenvalue weighted by Crippen LogP contribution is 2.34. The summed E-state index contributed by atoms with van der Waals surface area (Å²) in [4.78, 5) is 12.1. The first-order chi connectivity index (χ1) is 8.72. The minimum Gasteiger partial charge on any atom is -0.293 e. The number of carbonyl (C=O) groups is 1. The van der Waals surface area contributed by atoms with Crippen LogP contribution < -0.4 is 0 Å². The molecule has 102 valence electrons. The minimum absolute atomic E-state index is 0.0747. The van der Waals surface area contributed by atoms with E-state index in [1.54, 1.807) is 6.07 Å². The van der Waals surface area contributed by atoms with Gasteiger partial charge in [0.1, 0.15) is 4.34 Å². The normalized spacial score (nSPS) is 18.0. The fraction of sp³-hybridized carbons (Fsp3) is 0.200. The molecule has 1 aliphatic rings. The Hall–Kier alpha value is -0.700. The fourth-order valence-corrected chi connectivity index (χ4v) is 4.14. The molecule has 2 heterocycles. The summed E-state index contributed by atoms with van der Waals surface area (Å²) in [6.07, 6.45) is 1.44. The first-order valence-electron chi connectivity index (χ1n) is 4.99. The van der Waals surface area contributed by atoms with Crippen molar-refractivity contribution < 1.29 is 13.2 Å². The Kier molecular flexibility index (Phi) is 3.87. The van der Waals surface area contributed by atoms with Gasteiger partial charge in [0.05, 0.1) is 16.3 Å². The smallest absolute Gasteiger partial charge is 0.293 e. The van der Waals surface area contributed by atoms with Crippen LogP contribution in [0.25, 0.3) is 0 Å². The Bertz CT molecular complexity index is 702. The van der Waals surface area contributed by atoms with Crippen LogP contribution >= 0.6 is 38.9 Å². The lowest BCUT2D eigenvalue weighted by Crippen LogP contribution is -2.32. The SMILES string of the molecule is CC(=O)C1=CC(c2cc(Br)c(Cl)s2)=NS(=O)(=O)N1C. The predicted molar refractivity (Wildman–Crippen MR) is 79.0 cm³/mol. The number of thiophene rings is 1. The maximum Gasteiger partial charge on any atom is 0.345 e. The van der Waals surface area contributed by atoms with Gasteiger partial charge in [0.15, 0.2) is 5.78 Å². The van der Waals surface area contributed by atoms with Crippen LogP contribution in [0.4, 0.5) is 0 Å². The third kappa shape index (κ3) is 2.76. The number of hydrogen-bond acceptors (Lipinski definition) is 4. The molecule has 0 amide bonds. The molecule has 0 saturated heterocycles. The molecule has 1 aromatic rings. The van der Waals surface area contributed by atoms with Gasteiger partial charge in [-0.1, -0.05) is 11.6 Å². The third-order valence-electron chi connectivity index (χ3n) is 2.43. The average Bonchev–Trinajstić information content (AvgIpc) is 2.62. The molecule has 9 heteroatoms. The van der Waals surface area contributed by atoms with E-state index < -0.39 is 10.2 Å². The highest BCUT2D eigenvalue weighted by Gasteiger charge is 2.28. The van der Waals surface area contributed by atoms with Crippen LogP contribution in [0.15, 0.2) is 26.7 Å². The molecule has 0 radical (unpaired) electrons. The van der Waals surface area contributed by atoms with Crippen molar-refractivity contribution in [1.82, 2.24) is 4.31 Å². The Morgan fingerprint density at radius 3 is 2.63 bits per heavy atom. The predicted octanol–water partition coefficient (Wildman–Crippen LogP) is 2.62. The lowest BCUT2D eigenvalue weighted by atomic mass is 10.2. The number of Topliss-reactive ketones (excluding diaryl/α,β-unsaturated/α-hetero) is 1.